The number of aliphatic hydroxyl groups excluding tert-OH is 1. The van der Waals surface area contributed by atoms with Gasteiger partial charge in [-0.05, 0) is 56.8 Å². The van der Waals surface area contributed by atoms with Crippen LogP contribution in [0.2, 0.25) is 0 Å². The Morgan fingerprint density at radius 2 is 2.22 bits per heavy atom. The van der Waals surface area contributed by atoms with E-state index in [1.54, 1.807) is 0 Å². The molecule has 1 aliphatic rings. The van der Waals surface area contributed by atoms with Crippen LogP contribution in [0.1, 0.15) is 31.4 Å². The minimum Gasteiger partial charge on any atom is -0.493 e. The van der Waals surface area contributed by atoms with E-state index >= 15 is 0 Å². The predicted molar refractivity (Wildman–Crippen MR) is 73.1 cm³/mol. The van der Waals surface area contributed by atoms with Crippen molar-refractivity contribution in [3.05, 3.63) is 29.3 Å². The van der Waals surface area contributed by atoms with Crippen molar-refractivity contribution in [3.63, 3.8) is 0 Å². The smallest absolute Gasteiger partial charge is 0.122 e. The van der Waals surface area contributed by atoms with Crippen LogP contribution in [0.25, 0.3) is 0 Å². The zero-order chi connectivity index (χ0) is 13.0. The van der Waals surface area contributed by atoms with Crippen molar-refractivity contribution in [3.8, 4) is 5.75 Å². The summed E-state index contributed by atoms with van der Waals surface area (Å²) in [7, 11) is 0. The number of aliphatic hydroxyl groups is 1. The van der Waals surface area contributed by atoms with Gasteiger partial charge in [-0.3, -0.25) is 0 Å². The SMILES string of the molecule is CC(C)(CO)NCCc1ccc2c(c1)CCCO2. The average Bonchev–Trinajstić information content (AvgIpc) is 2.38. The highest BCUT2D eigenvalue weighted by molar-refractivity contribution is 5.38. The molecule has 3 heteroatoms. The lowest BCUT2D eigenvalue weighted by Crippen LogP contribution is -2.43. The van der Waals surface area contributed by atoms with E-state index in [4.69, 9.17) is 4.74 Å². The Balaban J connectivity index is 1.90. The summed E-state index contributed by atoms with van der Waals surface area (Å²) in [6, 6.07) is 6.47. The van der Waals surface area contributed by atoms with Crippen LogP contribution in [0, 0.1) is 0 Å². The maximum absolute atomic E-state index is 9.17. The van der Waals surface area contributed by atoms with Gasteiger partial charge in [0.15, 0.2) is 0 Å². The first-order valence-corrected chi connectivity index (χ1v) is 6.71. The molecule has 0 amide bonds. The molecule has 0 spiro atoms. The number of hydrogen-bond donors (Lipinski definition) is 2. The molecule has 0 aromatic heterocycles. The van der Waals surface area contributed by atoms with Gasteiger partial charge >= 0.3 is 0 Å². The minimum atomic E-state index is -0.197. The van der Waals surface area contributed by atoms with Gasteiger partial charge in [-0.2, -0.15) is 0 Å². The first-order chi connectivity index (χ1) is 8.61. The van der Waals surface area contributed by atoms with Crippen molar-refractivity contribution in [1.82, 2.24) is 5.32 Å². The van der Waals surface area contributed by atoms with Crippen LogP contribution < -0.4 is 10.1 Å². The topological polar surface area (TPSA) is 41.5 Å². The van der Waals surface area contributed by atoms with Gasteiger partial charge in [-0.15, -0.1) is 0 Å². The van der Waals surface area contributed by atoms with Gasteiger partial charge in [0.2, 0.25) is 0 Å². The van der Waals surface area contributed by atoms with Crippen LogP contribution in [0.3, 0.4) is 0 Å². The van der Waals surface area contributed by atoms with E-state index in [0.717, 1.165) is 38.2 Å². The summed E-state index contributed by atoms with van der Waals surface area (Å²) < 4.78 is 5.61. The fourth-order valence-corrected chi connectivity index (χ4v) is 2.17. The summed E-state index contributed by atoms with van der Waals surface area (Å²) in [6.45, 7) is 5.90. The zero-order valence-electron chi connectivity index (χ0n) is 11.3. The van der Waals surface area contributed by atoms with Gasteiger partial charge in [-0.25, -0.2) is 0 Å². The van der Waals surface area contributed by atoms with Gasteiger partial charge in [0.25, 0.3) is 0 Å². The van der Waals surface area contributed by atoms with E-state index < -0.39 is 0 Å². The Labute approximate surface area is 109 Å². The molecule has 3 nitrogen and oxygen atoms in total. The maximum Gasteiger partial charge on any atom is 0.122 e. The van der Waals surface area contributed by atoms with Gasteiger partial charge in [0.1, 0.15) is 5.75 Å². The first-order valence-electron chi connectivity index (χ1n) is 6.71. The summed E-state index contributed by atoms with van der Waals surface area (Å²) in [6.07, 6.45) is 3.22. The van der Waals surface area contributed by atoms with Crippen molar-refractivity contribution in [2.24, 2.45) is 0 Å². The minimum absolute atomic E-state index is 0.158. The Morgan fingerprint density at radius 3 is 3.00 bits per heavy atom. The van der Waals surface area contributed by atoms with Crippen LogP contribution in [-0.2, 0) is 12.8 Å². The fraction of sp³-hybridized carbons (Fsp3) is 0.600. The predicted octanol–water partition coefficient (Wildman–Crippen LogP) is 1.91. The molecular weight excluding hydrogens is 226 g/mol. The molecule has 18 heavy (non-hydrogen) atoms. The fourth-order valence-electron chi connectivity index (χ4n) is 2.17. The van der Waals surface area contributed by atoms with Crippen LogP contribution >= 0.6 is 0 Å². The van der Waals surface area contributed by atoms with E-state index in [1.807, 2.05) is 13.8 Å². The zero-order valence-corrected chi connectivity index (χ0v) is 11.3. The number of hydrogen-bond acceptors (Lipinski definition) is 3. The van der Waals surface area contributed by atoms with E-state index in [-0.39, 0.29) is 12.1 Å². The van der Waals surface area contributed by atoms with E-state index in [1.165, 1.54) is 11.1 Å². The first kappa shape index (κ1) is 13.4. The normalized spacial score (nSPS) is 15.1. The molecule has 0 saturated heterocycles. The molecule has 0 radical (unpaired) electrons. The van der Waals surface area contributed by atoms with Gasteiger partial charge < -0.3 is 15.2 Å². The average molecular weight is 249 g/mol. The van der Waals surface area contributed by atoms with Crippen molar-refractivity contribution in [2.45, 2.75) is 38.6 Å². The Morgan fingerprint density at radius 1 is 1.39 bits per heavy atom. The second kappa shape index (κ2) is 5.72. The van der Waals surface area contributed by atoms with E-state index in [2.05, 4.69) is 23.5 Å². The van der Waals surface area contributed by atoms with Crippen molar-refractivity contribution < 1.29 is 9.84 Å². The van der Waals surface area contributed by atoms with Crippen LogP contribution in [-0.4, -0.2) is 30.4 Å². The standard InChI is InChI=1S/C15H23NO2/c1-15(2,11-17)16-8-7-12-5-6-14-13(10-12)4-3-9-18-14/h5-6,10,16-17H,3-4,7-9,11H2,1-2H3. The number of nitrogens with one attached hydrogen (secondary N) is 1. The molecule has 1 aliphatic heterocycles. The van der Waals surface area contributed by atoms with E-state index in [0.29, 0.717) is 0 Å². The molecule has 0 unspecified atom stereocenters. The van der Waals surface area contributed by atoms with Gasteiger partial charge in [0.05, 0.1) is 13.2 Å². The number of rotatable bonds is 5. The number of fused-ring (bicyclic) bond motifs is 1. The summed E-state index contributed by atoms with van der Waals surface area (Å²) in [5.74, 6) is 1.05. The third-order valence-electron chi connectivity index (χ3n) is 3.39. The monoisotopic (exact) mass is 249 g/mol. The molecule has 2 rings (SSSR count). The highest BCUT2D eigenvalue weighted by atomic mass is 16.5. The molecule has 0 fully saturated rings. The molecule has 2 N–H and O–H groups in total. The lowest BCUT2D eigenvalue weighted by Gasteiger charge is -2.23. The third-order valence-corrected chi connectivity index (χ3v) is 3.39. The van der Waals surface area contributed by atoms with Crippen LogP contribution in [0.15, 0.2) is 18.2 Å². The summed E-state index contributed by atoms with van der Waals surface area (Å²) in [5, 5.41) is 12.5. The van der Waals surface area contributed by atoms with Crippen LogP contribution in [0.5, 0.6) is 5.75 Å². The summed E-state index contributed by atoms with van der Waals surface area (Å²) >= 11 is 0. The van der Waals surface area contributed by atoms with Crippen molar-refractivity contribution >= 4 is 0 Å². The molecule has 100 valence electrons. The van der Waals surface area contributed by atoms with Gasteiger partial charge in [-0.1, -0.05) is 12.1 Å². The molecule has 0 saturated carbocycles. The van der Waals surface area contributed by atoms with E-state index in [9.17, 15) is 5.11 Å². The molecule has 1 aromatic carbocycles. The van der Waals surface area contributed by atoms with Gasteiger partial charge in [0, 0.05) is 5.54 Å². The highest BCUT2D eigenvalue weighted by Gasteiger charge is 2.15. The Bertz CT molecular complexity index is 401. The number of benzene rings is 1. The lowest BCUT2D eigenvalue weighted by molar-refractivity contribution is 0.189. The van der Waals surface area contributed by atoms with Crippen molar-refractivity contribution in [1.29, 1.82) is 0 Å². The largest absolute Gasteiger partial charge is 0.493 e. The Hall–Kier alpha value is -1.06. The second-order valence-corrected chi connectivity index (χ2v) is 5.61. The quantitative estimate of drug-likeness (QED) is 0.837. The maximum atomic E-state index is 9.17. The Kier molecular flexibility index (Phi) is 4.25. The molecular formula is C15H23NO2. The summed E-state index contributed by atoms with van der Waals surface area (Å²) in [4.78, 5) is 0. The third kappa shape index (κ3) is 3.47. The molecule has 1 aromatic rings. The number of aryl methyl sites for hydroxylation is 1. The molecule has 0 aliphatic carbocycles. The molecule has 1 heterocycles. The number of ether oxygens (including phenoxy) is 1. The summed E-state index contributed by atoms with van der Waals surface area (Å²) in [5.41, 5.74) is 2.47. The molecule has 0 bridgehead atoms. The second-order valence-electron chi connectivity index (χ2n) is 5.61. The molecule has 0 atom stereocenters. The van der Waals surface area contributed by atoms with Crippen LogP contribution in [0.4, 0.5) is 0 Å². The van der Waals surface area contributed by atoms with Crippen molar-refractivity contribution in [2.75, 3.05) is 19.8 Å². The lowest BCUT2D eigenvalue weighted by atomic mass is 10.0. The highest BCUT2D eigenvalue weighted by Crippen LogP contribution is 2.25.